The number of hydrogen-bond donors (Lipinski definition) is 2. The van der Waals surface area contributed by atoms with Gasteiger partial charge >= 0.3 is 0 Å². The summed E-state index contributed by atoms with van der Waals surface area (Å²) < 4.78 is 0. The maximum Gasteiger partial charge on any atom is 0.223 e. The summed E-state index contributed by atoms with van der Waals surface area (Å²) in [6.07, 6.45) is 3.77. The molecule has 1 heterocycles. The number of rotatable bonds is 2. The highest BCUT2D eigenvalue weighted by Crippen LogP contribution is 2.45. The third kappa shape index (κ3) is 2.63. The second-order valence-corrected chi connectivity index (χ2v) is 7.13. The van der Waals surface area contributed by atoms with E-state index in [2.05, 4.69) is 13.8 Å². The van der Waals surface area contributed by atoms with Crippen LogP contribution >= 0.6 is 11.8 Å². The summed E-state index contributed by atoms with van der Waals surface area (Å²) >= 11 is 1.71. The molecule has 6 atom stereocenters. The normalized spacial score (nSPS) is 47.0. The van der Waals surface area contributed by atoms with E-state index in [9.17, 15) is 4.79 Å². The Morgan fingerprint density at radius 3 is 2.53 bits per heavy atom. The molecule has 0 aromatic carbocycles. The standard InChI is InChI=1S/C13H24N2OS/c1-7-3-4-9(5-8(7)2)10-6-17-13(15)11(10)12(14)16/h7-11,13H,3-6,15H2,1-2H3,(H2,14,16). The van der Waals surface area contributed by atoms with Crippen molar-refractivity contribution in [3.63, 3.8) is 0 Å². The van der Waals surface area contributed by atoms with Gasteiger partial charge in [0.25, 0.3) is 0 Å². The first kappa shape index (κ1) is 13.2. The highest BCUT2D eigenvalue weighted by atomic mass is 32.2. The van der Waals surface area contributed by atoms with Crippen molar-refractivity contribution in [3.05, 3.63) is 0 Å². The van der Waals surface area contributed by atoms with Crippen LogP contribution in [0.5, 0.6) is 0 Å². The molecule has 4 heteroatoms. The maximum atomic E-state index is 11.5. The van der Waals surface area contributed by atoms with Crippen LogP contribution in [0.1, 0.15) is 33.1 Å². The first-order chi connectivity index (χ1) is 8.00. The van der Waals surface area contributed by atoms with Crippen LogP contribution in [0.3, 0.4) is 0 Å². The fourth-order valence-corrected chi connectivity index (χ4v) is 4.92. The lowest BCUT2D eigenvalue weighted by Gasteiger charge is -2.37. The van der Waals surface area contributed by atoms with Crippen LogP contribution in [-0.2, 0) is 4.79 Å². The van der Waals surface area contributed by atoms with Gasteiger partial charge < -0.3 is 11.5 Å². The summed E-state index contributed by atoms with van der Waals surface area (Å²) in [4.78, 5) is 11.5. The third-order valence-electron chi connectivity index (χ3n) is 4.87. The fraction of sp³-hybridized carbons (Fsp3) is 0.923. The molecule has 2 fully saturated rings. The molecule has 2 rings (SSSR count). The number of carbonyl (C=O) groups excluding carboxylic acids is 1. The topological polar surface area (TPSA) is 69.1 Å². The van der Waals surface area contributed by atoms with Crippen LogP contribution in [0.15, 0.2) is 0 Å². The summed E-state index contributed by atoms with van der Waals surface area (Å²) in [5.41, 5.74) is 11.5. The largest absolute Gasteiger partial charge is 0.369 e. The summed E-state index contributed by atoms with van der Waals surface area (Å²) in [5, 5.41) is -0.0767. The minimum atomic E-state index is -0.196. The Labute approximate surface area is 108 Å². The fourth-order valence-electron chi connectivity index (χ4n) is 3.45. The van der Waals surface area contributed by atoms with Gasteiger partial charge in [-0.25, -0.2) is 0 Å². The average molecular weight is 256 g/mol. The van der Waals surface area contributed by atoms with Gasteiger partial charge in [0.15, 0.2) is 0 Å². The van der Waals surface area contributed by atoms with Crippen LogP contribution in [0.2, 0.25) is 0 Å². The number of primary amides is 1. The van der Waals surface area contributed by atoms with Crippen LogP contribution in [0, 0.1) is 29.6 Å². The predicted octanol–water partition coefficient (Wildman–Crippen LogP) is 1.81. The van der Waals surface area contributed by atoms with E-state index in [1.807, 2.05) is 0 Å². The molecule has 0 aromatic rings. The highest BCUT2D eigenvalue weighted by molar-refractivity contribution is 8.00. The molecule has 2 aliphatic rings. The summed E-state index contributed by atoms with van der Waals surface area (Å²) in [6.45, 7) is 4.67. The van der Waals surface area contributed by atoms with Gasteiger partial charge in [-0.2, -0.15) is 0 Å². The van der Waals surface area contributed by atoms with E-state index >= 15 is 0 Å². The quantitative estimate of drug-likeness (QED) is 0.791. The molecule has 1 saturated heterocycles. The van der Waals surface area contributed by atoms with E-state index < -0.39 is 0 Å². The number of hydrogen-bond acceptors (Lipinski definition) is 3. The van der Waals surface area contributed by atoms with Crippen molar-refractivity contribution in [2.45, 2.75) is 38.5 Å². The molecule has 0 radical (unpaired) electrons. The second kappa shape index (κ2) is 5.19. The van der Waals surface area contributed by atoms with E-state index in [0.717, 1.165) is 17.6 Å². The van der Waals surface area contributed by atoms with E-state index in [0.29, 0.717) is 11.8 Å². The molecule has 6 unspecified atom stereocenters. The second-order valence-electron chi connectivity index (χ2n) is 5.92. The molecule has 3 nitrogen and oxygen atoms in total. The number of amides is 1. The van der Waals surface area contributed by atoms with Gasteiger partial charge in [-0.15, -0.1) is 11.8 Å². The number of thioether (sulfide) groups is 1. The van der Waals surface area contributed by atoms with E-state index in [4.69, 9.17) is 11.5 Å². The predicted molar refractivity (Wildman–Crippen MR) is 72.3 cm³/mol. The molecule has 1 saturated carbocycles. The Bertz CT molecular complexity index is 297. The van der Waals surface area contributed by atoms with Gasteiger partial charge in [0.05, 0.1) is 11.3 Å². The third-order valence-corrected chi connectivity index (χ3v) is 6.12. The van der Waals surface area contributed by atoms with Gasteiger partial charge in [0.2, 0.25) is 5.91 Å². The Hall–Kier alpha value is -0.220. The molecular weight excluding hydrogens is 232 g/mol. The Kier molecular flexibility index (Phi) is 4.03. The monoisotopic (exact) mass is 256 g/mol. The molecule has 17 heavy (non-hydrogen) atoms. The molecule has 4 N–H and O–H groups in total. The van der Waals surface area contributed by atoms with E-state index in [1.165, 1.54) is 19.3 Å². The van der Waals surface area contributed by atoms with Gasteiger partial charge in [-0.05, 0) is 42.3 Å². The summed E-state index contributed by atoms with van der Waals surface area (Å²) in [6, 6.07) is 0. The van der Waals surface area contributed by atoms with Crippen LogP contribution in [0.4, 0.5) is 0 Å². The average Bonchev–Trinajstić information content (AvgIpc) is 2.64. The smallest absolute Gasteiger partial charge is 0.223 e. The van der Waals surface area contributed by atoms with Crippen molar-refractivity contribution in [2.75, 3.05) is 5.75 Å². The maximum absolute atomic E-state index is 11.5. The lowest BCUT2D eigenvalue weighted by molar-refractivity contribution is -0.123. The van der Waals surface area contributed by atoms with Crippen LogP contribution in [0.25, 0.3) is 0 Å². The molecule has 98 valence electrons. The van der Waals surface area contributed by atoms with Crippen LogP contribution < -0.4 is 11.5 Å². The number of carbonyl (C=O) groups is 1. The minimum Gasteiger partial charge on any atom is -0.369 e. The Morgan fingerprint density at radius 1 is 1.24 bits per heavy atom. The van der Waals surface area contributed by atoms with Gasteiger partial charge in [-0.3, -0.25) is 4.79 Å². The van der Waals surface area contributed by atoms with Gasteiger partial charge in [-0.1, -0.05) is 20.3 Å². The van der Waals surface area contributed by atoms with Crippen LogP contribution in [-0.4, -0.2) is 17.0 Å². The highest BCUT2D eigenvalue weighted by Gasteiger charge is 2.43. The molecular formula is C13H24N2OS. The zero-order chi connectivity index (χ0) is 12.6. The van der Waals surface area contributed by atoms with Crippen molar-refractivity contribution in [2.24, 2.45) is 41.1 Å². The van der Waals surface area contributed by atoms with E-state index in [-0.39, 0.29) is 17.2 Å². The molecule has 1 amide bonds. The van der Waals surface area contributed by atoms with Crippen molar-refractivity contribution in [3.8, 4) is 0 Å². The Balaban J connectivity index is 2.04. The summed E-state index contributed by atoms with van der Waals surface area (Å²) in [7, 11) is 0. The van der Waals surface area contributed by atoms with Crippen molar-refractivity contribution in [1.29, 1.82) is 0 Å². The molecule has 0 spiro atoms. The van der Waals surface area contributed by atoms with Gasteiger partial charge in [0, 0.05) is 0 Å². The lowest BCUT2D eigenvalue weighted by atomic mass is 9.68. The molecule has 1 aliphatic carbocycles. The molecule has 1 aliphatic heterocycles. The SMILES string of the molecule is CC1CCC(C2CSC(N)C2C(N)=O)CC1C. The van der Waals surface area contributed by atoms with Crippen molar-refractivity contribution >= 4 is 17.7 Å². The van der Waals surface area contributed by atoms with E-state index in [1.54, 1.807) is 11.8 Å². The van der Waals surface area contributed by atoms with Crippen molar-refractivity contribution < 1.29 is 4.79 Å². The first-order valence-electron chi connectivity index (χ1n) is 6.67. The first-order valence-corrected chi connectivity index (χ1v) is 7.72. The van der Waals surface area contributed by atoms with Gasteiger partial charge in [0.1, 0.15) is 0 Å². The lowest BCUT2D eigenvalue weighted by Crippen LogP contribution is -2.41. The summed E-state index contributed by atoms with van der Waals surface area (Å²) in [5.74, 6) is 3.37. The minimum absolute atomic E-state index is 0.0767. The Morgan fingerprint density at radius 2 is 1.94 bits per heavy atom. The molecule has 0 bridgehead atoms. The molecule has 0 aromatic heterocycles. The van der Waals surface area contributed by atoms with Crippen molar-refractivity contribution in [1.82, 2.24) is 0 Å². The zero-order valence-corrected chi connectivity index (χ0v) is 11.6. The zero-order valence-electron chi connectivity index (χ0n) is 10.8. The number of nitrogens with two attached hydrogens (primary N) is 2.